The number of rotatable bonds is 7. The van der Waals surface area contributed by atoms with Gasteiger partial charge < -0.3 is 9.90 Å². The number of carbonyl (C=O) groups is 1. The molecule has 0 aliphatic heterocycles. The van der Waals surface area contributed by atoms with Gasteiger partial charge in [-0.2, -0.15) is 0 Å². The summed E-state index contributed by atoms with van der Waals surface area (Å²) in [5, 5.41) is 9.79. The van der Waals surface area contributed by atoms with Crippen LogP contribution in [-0.2, 0) is 4.79 Å². The molecule has 1 N–H and O–H groups in total. The lowest BCUT2D eigenvalue weighted by Crippen LogP contribution is -2.16. The van der Waals surface area contributed by atoms with Crippen LogP contribution in [-0.4, -0.2) is 17.5 Å². The molecule has 0 aromatic rings. The van der Waals surface area contributed by atoms with Gasteiger partial charge in [0.2, 0.25) is 0 Å². The van der Waals surface area contributed by atoms with Gasteiger partial charge in [-0.05, 0) is 77.7 Å². The minimum Gasteiger partial charge on any atom is -0.389 e. The highest BCUT2D eigenvalue weighted by atomic mass is 16.3. The van der Waals surface area contributed by atoms with Crippen LogP contribution in [0.5, 0.6) is 0 Å². The van der Waals surface area contributed by atoms with Crippen LogP contribution in [0.4, 0.5) is 0 Å². The fourth-order valence-electron chi connectivity index (χ4n) is 2.29. The Labute approximate surface area is 142 Å². The van der Waals surface area contributed by atoms with Gasteiger partial charge in [0, 0.05) is 11.3 Å². The van der Waals surface area contributed by atoms with E-state index < -0.39 is 11.5 Å². The fraction of sp³-hybridized carbons (Fsp3) is 0.571. The number of aldehydes is 1. The molecule has 2 atom stereocenters. The van der Waals surface area contributed by atoms with Crippen molar-refractivity contribution >= 4 is 6.29 Å². The van der Waals surface area contributed by atoms with Crippen LogP contribution in [0.3, 0.4) is 0 Å². The highest BCUT2D eigenvalue weighted by molar-refractivity contribution is 5.64. The van der Waals surface area contributed by atoms with E-state index in [0.717, 1.165) is 28.6 Å². The van der Waals surface area contributed by atoms with Crippen LogP contribution in [0.25, 0.3) is 0 Å². The molecule has 0 saturated heterocycles. The standard InChI is InChI=1S/C21H34O2/c1-13(2)20(11-14(3)21(9,10)12-22)18(7)16(5)15(4)17(6)19(8)23/h11-12,18-19,23H,5H2,1-4,6-10H3. The zero-order valence-electron chi connectivity index (χ0n) is 16.4. The first-order chi connectivity index (χ1) is 10.4. The smallest absolute Gasteiger partial charge is 0.129 e. The summed E-state index contributed by atoms with van der Waals surface area (Å²) in [7, 11) is 0. The molecule has 0 aliphatic carbocycles. The van der Waals surface area contributed by atoms with E-state index >= 15 is 0 Å². The van der Waals surface area contributed by atoms with Crippen LogP contribution in [0.15, 0.2) is 46.1 Å². The number of allylic oxidation sites excluding steroid dienone is 6. The molecule has 0 amide bonds. The lowest BCUT2D eigenvalue weighted by molar-refractivity contribution is -0.113. The van der Waals surface area contributed by atoms with Crippen molar-refractivity contribution in [3.05, 3.63) is 46.1 Å². The van der Waals surface area contributed by atoms with E-state index in [1.165, 1.54) is 11.1 Å². The van der Waals surface area contributed by atoms with E-state index in [2.05, 4.69) is 33.4 Å². The molecule has 0 rings (SSSR count). The lowest BCUT2D eigenvalue weighted by Gasteiger charge is -2.24. The first kappa shape index (κ1) is 21.6. The van der Waals surface area contributed by atoms with E-state index in [9.17, 15) is 9.90 Å². The van der Waals surface area contributed by atoms with E-state index in [0.29, 0.717) is 0 Å². The zero-order chi connectivity index (χ0) is 18.5. The van der Waals surface area contributed by atoms with Gasteiger partial charge in [-0.15, -0.1) is 0 Å². The number of aliphatic hydroxyl groups excluding tert-OH is 1. The molecule has 2 unspecified atom stereocenters. The molecule has 2 heteroatoms. The third-order valence-electron chi connectivity index (χ3n) is 4.95. The minimum atomic E-state index is -0.472. The Kier molecular flexibility index (Phi) is 7.93. The number of hydrogen-bond donors (Lipinski definition) is 1. The van der Waals surface area contributed by atoms with E-state index in [-0.39, 0.29) is 5.92 Å². The highest BCUT2D eigenvalue weighted by Gasteiger charge is 2.21. The average molecular weight is 319 g/mol. The molecule has 0 heterocycles. The van der Waals surface area contributed by atoms with Gasteiger partial charge in [-0.25, -0.2) is 0 Å². The highest BCUT2D eigenvalue weighted by Crippen LogP contribution is 2.33. The molecule has 130 valence electrons. The quantitative estimate of drug-likeness (QED) is 0.504. The van der Waals surface area contributed by atoms with Gasteiger partial charge in [0.05, 0.1) is 6.10 Å². The van der Waals surface area contributed by atoms with Crippen LogP contribution in [0, 0.1) is 11.3 Å². The second kappa shape index (κ2) is 8.44. The van der Waals surface area contributed by atoms with Crippen molar-refractivity contribution in [3.8, 4) is 0 Å². The summed E-state index contributed by atoms with van der Waals surface area (Å²) in [6.07, 6.45) is 2.63. The Morgan fingerprint density at radius 1 is 1.09 bits per heavy atom. The zero-order valence-corrected chi connectivity index (χ0v) is 16.4. The molecule has 0 aromatic carbocycles. The fourth-order valence-corrected chi connectivity index (χ4v) is 2.29. The van der Waals surface area contributed by atoms with E-state index in [1.807, 2.05) is 34.6 Å². The van der Waals surface area contributed by atoms with Gasteiger partial charge in [-0.1, -0.05) is 30.7 Å². The summed E-state index contributed by atoms with van der Waals surface area (Å²) in [5.41, 5.74) is 5.96. The number of aliphatic hydroxyl groups is 1. The molecule has 0 aliphatic rings. The van der Waals surface area contributed by atoms with Gasteiger partial charge in [-0.3, -0.25) is 0 Å². The Bertz CT molecular complexity index is 550. The summed E-state index contributed by atoms with van der Waals surface area (Å²) in [5.74, 6) is 0.131. The maximum atomic E-state index is 11.3. The molecule has 0 spiro atoms. The maximum Gasteiger partial charge on any atom is 0.129 e. The summed E-state index contributed by atoms with van der Waals surface area (Å²) in [4.78, 5) is 11.3. The van der Waals surface area contributed by atoms with Gasteiger partial charge >= 0.3 is 0 Å². The summed E-state index contributed by atoms with van der Waals surface area (Å²) in [6, 6.07) is 0. The van der Waals surface area contributed by atoms with Crippen molar-refractivity contribution in [2.45, 2.75) is 68.4 Å². The predicted octanol–water partition coefficient (Wildman–Crippen LogP) is 5.40. The third kappa shape index (κ3) is 5.62. The molecule has 0 radical (unpaired) electrons. The Hall–Kier alpha value is -1.41. The van der Waals surface area contributed by atoms with E-state index in [1.54, 1.807) is 6.92 Å². The maximum absolute atomic E-state index is 11.3. The third-order valence-corrected chi connectivity index (χ3v) is 4.95. The molecule has 0 aromatic heterocycles. The summed E-state index contributed by atoms with van der Waals surface area (Å²) in [6.45, 7) is 22.1. The molecular formula is C21H34O2. The number of carbonyl (C=O) groups excluding carboxylic acids is 1. The number of hydrogen-bond acceptors (Lipinski definition) is 2. The molecule has 0 saturated carbocycles. The van der Waals surface area contributed by atoms with Crippen LogP contribution < -0.4 is 0 Å². The summed E-state index contributed by atoms with van der Waals surface area (Å²) >= 11 is 0. The predicted molar refractivity (Wildman–Crippen MR) is 100 cm³/mol. The van der Waals surface area contributed by atoms with Gasteiger partial charge in [0.15, 0.2) is 0 Å². The van der Waals surface area contributed by atoms with Crippen molar-refractivity contribution in [1.29, 1.82) is 0 Å². The lowest BCUT2D eigenvalue weighted by atomic mass is 9.80. The molecule has 23 heavy (non-hydrogen) atoms. The first-order valence-corrected chi connectivity index (χ1v) is 8.23. The SMILES string of the molecule is C=C(C(C)=C(C)C(C)O)C(C)C(C=C(C)C(C)(C)C=O)=C(C)C. The van der Waals surface area contributed by atoms with Crippen molar-refractivity contribution in [1.82, 2.24) is 0 Å². The van der Waals surface area contributed by atoms with E-state index in [4.69, 9.17) is 0 Å². The largest absolute Gasteiger partial charge is 0.389 e. The molecular weight excluding hydrogens is 284 g/mol. The topological polar surface area (TPSA) is 37.3 Å². The Morgan fingerprint density at radius 3 is 1.91 bits per heavy atom. The van der Waals surface area contributed by atoms with Crippen LogP contribution >= 0.6 is 0 Å². The monoisotopic (exact) mass is 318 g/mol. The second-order valence-corrected chi connectivity index (χ2v) is 7.35. The van der Waals surface area contributed by atoms with Crippen molar-refractivity contribution in [2.75, 3.05) is 0 Å². The molecule has 2 nitrogen and oxygen atoms in total. The normalized spacial score (nSPS) is 16.3. The Balaban J connectivity index is 5.84. The van der Waals surface area contributed by atoms with Crippen molar-refractivity contribution in [3.63, 3.8) is 0 Å². The molecule has 0 bridgehead atoms. The van der Waals surface area contributed by atoms with Crippen molar-refractivity contribution < 1.29 is 9.90 Å². The van der Waals surface area contributed by atoms with Crippen LogP contribution in [0.1, 0.15) is 62.3 Å². The second-order valence-electron chi connectivity index (χ2n) is 7.35. The van der Waals surface area contributed by atoms with Gasteiger partial charge in [0.25, 0.3) is 0 Å². The molecule has 0 fully saturated rings. The minimum absolute atomic E-state index is 0.131. The van der Waals surface area contributed by atoms with Crippen molar-refractivity contribution in [2.24, 2.45) is 11.3 Å². The van der Waals surface area contributed by atoms with Crippen LogP contribution in [0.2, 0.25) is 0 Å². The average Bonchev–Trinajstić information content (AvgIpc) is 2.48. The van der Waals surface area contributed by atoms with Gasteiger partial charge in [0.1, 0.15) is 6.29 Å². The Morgan fingerprint density at radius 2 is 1.57 bits per heavy atom. The summed E-state index contributed by atoms with van der Waals surface area (Å²) < 4.78 is 0. The first-order valence-electron chi connectivity index (χ1n) is 8.23.